The van der Waals surface area contributed by atoms with E-state index < -0.39 is 18.7 Å². The molecule has 0 aliphatic carbocycles. The quantitative estimate of drug-likeness (QED) is 0.656. The molecule has 0 aromatic heterocycles. The highest BCUT2D eigenvalue weighted by molar-refractivity contribution is 6.60. The van der Waals surface area contributed by atoms with Gasteiger partial charge in [0.25, 0.3) is 0 Å². The van der Waals surface area contributed by atoms with Crippen LogP contribution < -0.4 is 10.2 Å². The molecule has 0 aliphatic heterocycles. The van der Waals surface area contributed by atoms with Gasteiger partial charge in [0.05, 0.1) is 0 Å². The van der Waals surface area contributed by atoms with Gasteiger partial charge >= 0.3 is 13.1 Å². The number of carboxylic acids is 1. The molecule has 17 heavy (non-hydrogen) atoms. The second-order valence-corrected chi connectivity index (χ2v) is 4.61. The Morgan fingerprint density at radius 2 is 1.88 bits per heavy atom. The van der Waals surface area contributed by atoms with Crippen LogP contribution >= 0.6 is 0 Å². The monoisotopic (exact) mass is 238 g/mol. The highest BCUT2D eigenvalue weighted by Gasteiger charge is 2.26. The average molecular weight is 238 g/mol. The molecule has 0 aliphatic rings. The SMILES string of the molecule is CC(C)(C)Oc1cccc(B(O)O)c1C(=O)O. The van der Waals surface area contributed by atoms with Crippen molar-refractivity contribution < 1.29 is 24.7 Å². The van der Waals surface area contributed by atoms with Gasteiger partial charge in [-0.05, 0) is 26.8 Å². The van der Waals surface area contributed by atoms with Gasteiger partial charge in [0, 0.05) is 5.46 Å². The summed E-state index contributed by atoms with van der Waals surface area (Å²) in [6.45, 7) is 5.34. The molecule has 1 aromatic rings. The lowest BCUT2D eigenvalue weighted by Gasteiger charge is -2.23. The van der Waals surface area contributed by atoms with Crippen molar-refractivity contribution in [2.24, 2.45) is 0 Å². The minimum absolute atomic E-state index is 0.0840. The van der Waals surface area contributed by atoms with Gasteiger partial charge in [0.1, 0.15) is 16.9 Å². The van der Waals surface area contributed by atoms with Crippen LogP contribution in [0.4, 0.5) is 0 Å². The second-order valence-electron chi connectivity index (χ2n) is 4.61. The molecule has 0 fully saturated rings. The van der Waals surface area contributed by atoms with Crippen molar-refractivity contribution >= 4 is 18.6 Å². The Morgan fingerprint density at radius 3 is 2.29 bits per heavy atom. The fourth-order valence-corrected chi connectivity index (χ4v) is 1.41. The Bertz CT molecular complexity index is 422. The Kier molecular flexibility index (Phi) is 3.80. The van der Waals surface area contributed by atoms with Crippen LogP contribution in [0.1, 0.15) is 31.1 Å². The highest BCUT2D eigenvalue weighted by atomic mass is 16.5. The molecule has 0 heterocycles. The minimum Gasteiger partial charge on any atom is -0.487 e. The van der Waals surface area contributed by atoms with Gasteiger partial charge in [0.2, 0.25) is 0 Å². The molecule has 0 atom stereocenters. The van der Waals surface area contributed by atoms with E-state index in [4.69, 9.17) is 19.9 Å². The average Bonchev–Trinajstić information content (AvgIpc) is 2.14. The van der Waals surface area contributed by atoms with Gasteiger partial charge in [-0.2, -0.15) is 0 Å². The van der Waals surface area contributed by atoms with Crippen LogP contribution in [0.3, 0.4) is 0 Å². The third-order valence-corrected chi connectivity index (χ3v) is 1.97. The van der Waals surface area contributed by atoms with E-state index in [9.17, 15) is 4.79 Å². The van der Waals surface area contributed by atoms with Crippen molar-refractivity contribution in [3.05, 3.63) is 23.8 Å². The predicted molar refractivity (Wildman–Crippen MR) is 63.6 cm³/mol. The van der Waals surface area contributed by atoms with Gasteiger partial charge < -0.3 is 19.9 Å². The number of carboxylic acid groups (broad SMARTS) is 1. The summed E-state index contributed by atoms with van der Waals surface area (Å²) in [6, 6.07) is 4.34. The maximum atomic E-state index is 11.1. The zero-order valence-corrected chi connectivity index (χ0v) is 9.97. The molecule has 0 saturated carbocycles. The number of ether oxygens (including phenoxy) is 1. The van der Waals surface area contributed by atoms with Crippen LogP contribution in [-0.2, 0) is 0 Å². The first-order chi connectivity index (χ1) is 7.72. The molecule has 0 bridgehead atoms. The van der Waals surface area contributed by atoms with Crippen LogP contribution in [0, 0.1) is 0 Å². The summed E-state index contributed by atoms with van der Waals surface area (Å²) in [4.78, 5) is 11.1. The van der Waals surface area contributed by atoms with Crippen molar-refractivity contribution in [2.75, 3.05) is 0 Å². The maximum Gasteiger partial charge on any atom is 0.489 e. The van der Waals surface area contributed by atoms with Crippen LogP contribution in [0.5, 0.6) is 5.75 Å². The van der Waals surface area contributed by atoms with Gasteiger partial charge in [-0.1, -0.05) is 12.1 Å². The molecule has 1 rings (SSSR count). The van der Waals surface area contributed by atoms with E-state index in [-0.39, 0.29) is 16.8 Å². The third-order valence-electron chi connectivity index (χ3n) is 1.97. The van der Waals surface area contributed by atoms with Crippen LogP contribution in [-0.4, -0.2) is 33.8 Å². The zero-order chi connectivity index (χ0) is 13.2. The number of hydrogen-bond acceptors (Lipinski definition) is 4. The van der Waals surface area contributed by atoms with Gasteiger partial charge in [0.15, 0.2) is 0 Å². The van der Waals surface area contributed by atoms with Crippen molar-refractivity contribution in [1.82, 2.24) is 0 Å². The summed E-state index contributed by atoms with van der Waals surface area (Å²) in [5.74, 6) is -1.14. The van der Waals surface area contributed by atoms with E-state index in [2.05, 4.69) is 0 Å². The highest BCUT2D eigenvalue weighted by Crippen LogP contribution is 2.22. The van der Waals surface area contributed by atoms with Crippen molar-refractivity contribution in [2.45, 2.75) is 26.4 Å². The molecule has 3 N–H and O–H groups in total. The fourth-order valence-electron chi connectivity index (χ4n) is 1.41. The van der Waals surface area contributed by atoms with Crippen molar-refractivity contribution in [3.8, 4) is 5.75 Å². The first-order valence-electron chi connectivity index (χ1n) is 5.14. The van der Waals surface area contributed by atoms with E-state index >= 15 is 0 Å². The van der Waals surface area contributed by atoms with Crippen LogP contribution in [0.25, 0.3) is 0 Å². The smallest absolute Gasteiger partial charge is 0.487 e. The standard InChI is InChI=1S/C11H15BO5/c1-11(2,3)17-8-6-4-5-7(12(15)16)9(8)10(13)14/h4-6,15-16H,1-3H3,(H,13,14). The molecule has 0 saturated heterocycles. The van der Waals surface area contributed by atoms with E-state index in [0.29, 0.717) is 0 Å². The van der Waals surface area contributed by atoms with E-state index in [1.807, 2.05) is 0 Å². The van der Waals surface area contributed by atoms with Crippen LogP contribution in [0.15, 0.2) is 18.2 Å². The molecule has 92 valence electrons. The lowest BCUT2D eigenvalue weighted by atomic mass is 9.76. The zero-order valence-electron chi connectivity index (χ0n) is 9.97. The van der Waals surface area contributed by atoms with E-state index in [1.165, 1.54) is 18.2 Å². The predicted octanol–water partition coefficient (Wildman–Crippen LogP) is 0.242. The Morgan fingerprint density at radius 1 is 1.29 bits per heavy atom. The Balaban J connectivity index is 3.30. The van der Waals surface area contributed by atoms with E-state index in [0.717, 1.165) is 0 Å². The summed E-state index contributed by atoms with van der Waals surface area (Å²) < 4.78 is 5.48. The number of rotatable bonds is 3. The topological polar surface area (TPSA) is 87.0 Å². The largest absolute Gasteiger partial charge is 0.489 e. The van der Waals surface area contributed by atoms with Gasteiger partial charge in [-0.15, -0.1) is 0 Å². The fraction of sp³-hybridized carbons (Fsp3) is 0.364. The summed E-state index contributed by atoms with van der Waals surface area (Å²) >= 11 is 0. The molecule has 0 radical (unpaired) electrons. The first kappa shape index (κ1) is 13.5. The lowest BCUT2D eigenvalue weighted by molar-refractivity contribution is 0.0682. The van der Waals surface area contributed by atoms with Crippen LogP contribution in [0.2, 0.25) is 0 Å². The first-order valence-corrected chi connectivity index (χ1v) is 5.14. The number of aromatic carboxylic acids is 1. The lowest BCUT2D eigenvalue weighted by Crippen LogP contribution is -2.36. The van der Waals surface area contributed by atoms with Gasteiger partial charge in [-0.25, -0.2) is 4.79 Å². The van der Waals surface area contributed by atoms with E-state index in [1.54, 1.807) is 20.8 Å². The molecule has 0 spiro atoms. The number of carbonyl (C=O) groups is 1. The summed E-state index contributed by atoms with van der Waals surface area (Å²) in [5, 5.41) is 27.3. The number of hydrogen-bond donors (Lipinski definition) is 3. The van der Waals surface area contributed by atoms with Crippen molar-refractivity contribution in [1.29, 1.82) is 0 Å². The molecular formula is C11H15BO5. The third kappa shape index (κ3) is 3.47. The maximum absolute atomic E-state index is 11.1. The summed E-state index contributed by atoms with van der Waals surface area (Å²) in [5.41, 5.74) is -0.875. The molecular weight excluding hydrogens is 223 g/mol. The molecule has 1 aromatic carbocycles. The molecule has 5 nitrogen and oxygen atoms in total. The molecule has 0 unspecified atom stereocenters. The molecule has 0 amide bonds. The van der Waals surface area contributed by atoms with Crippen molar-refractivity contribution in [3.63, 3.8) is 0 Å². The van der Waals surface area contributed by atoms with Gasteiger partial charge in [-0.3, -0.25) is 0 Å². The number of benzene rings is 1. The second kappa shape index (κ2) is 4.77. The normalized spacial score (nSPS) is 11.1. The Labute approximate surface area is 99.8 Å². The Hall–Kier alpha value is -1.53. The summed E-state index contributed by atoms with van der Waals surface area (Å²) in [7, 11) is -1.84. The summed E-state index contributed by atoms with van der Waals surface area (Å²) in [6.07, 6.45) is 0. The molecule has 6 heteroatoms. The minimum atomic E-state index is -1.84.